The van der Waals surface area contributed by atoms with Gasteiger partial charge in [0.15, 0.2) is 5.75 Å². The molecule has 0 saturated heterocycles. The number of alkyl halides is 3. The number of esters is 2. The van der Waals surface area contributed by atoms with Crippen LogP contribution >= 0.6 is 0 Å². The van der Waals surface area contributed by atoms with Gasteiger partial charge in [0.1, 0.15) is 5.75 Å². The third kappa shape index (κ3) is 5.52. The lowest BCUT2D eigenvalue weighted by Gasteiger charge is -2.14. The van der Waals surface area contributed by atoms with Gasteiger partial charge in [0.05, 0.1) is 36.6 Å². The molecule has 0 fully saturated rings. The Kier molecular flexibility index (Phi) is 7.20. The summed E-state index contributed by atoms with van der Waals surface area (Å²) in [4.78, 5) is 36.6. The Morgan fingerprint density at radius 1 is 0.794 bits per heavy atom. The first-order valence-corrected chi connectivity index (χ1v) is 9.70. The minimum Gasteiger partial charge on any atom is -0.465 e. The maximum Gasteiger partial charge on any atom is 0.416 e. The first kappa shape index (κ1) is 24.3. The lowest BCUT2D eigenvalue weighted by molar-refractivity contribution is -0.137. The molecule has 0 aliphatic heterocycles. The number of halogens is 3. The van der Waals surface area contributed by atoms with Crippen molar-refractivity contribution in [1.82, 2.24) is 0 Å². The molecular formula is C24H18F3NO6. The van der Waals surface area contributed by atoms with Crippen molar-refractivity contribution in [2.75, 3.05) is 19.5 Å². The molecular weight excluding hydrogens is 455 g/mol. The monoisotopic (exact) mass is 473 g/mol. The highest BCUT2D eigenvalue weighted by Crippen LogP contribution is 2.32. The van der Waals surface area contributed by atoms with Crippen molar-refractivity contribution in [1.29, 1.82) is 0 Å². The van der Waals surface area contributed by atoms with Gasteiger partial charge in [-0.15, -0.1) is 0 Å². The van der Waals surface area contributed by atoms with E-state index < -0.39 is 29.6 Å². The Hall–Kier alpha value is -4.34. The van der Waals surface area contributed by atoms with Crippen LogP contribution in [-0.4, -0.2) is 32.1 Å². The van der Waals surface area contributed by atoms with E-state index >= 15 is 0 Å². The summed E-state index contributed by atoms with van der Waals surface area (Å²) >= 11 is 0. The average molecular weight is 473 g/mol. The minimum atomic E-state index is -4.59. The maximum atomic E-state index is 13.0. The predicted octanol–water partition coefficient (Wildman–Crippen LogP) is 5.32. The number of para-hydroxylation sites is 2. The number of carbonyl (C=O) groups excluding carboxylic acids is 3. The van der Waals surface area contributed by atoms with Crippen LogP contribution in [0.1, 0.15) is 36.6 Å². The molecule has 3 rings (SSSR count). The third-order valence-electron chi connectivity index (χ3n) is 4.62. The molecule has 0 atom stereocenters. The van der Waals surface area contributed by atoms with E-state index in [1.807, 2.05) is 0 Å². The van der Waals surface area contributed by atoms with Gasteiger partial charge in [0, 0.05) is 5.56 Å². The second-order valence-electron chi connectivity index (χ2n) is 6.82. The largest absolute Gasteiger partial charge is 0.465 e. The number of ether oxygens (including phenoxy) is 3. The number of methoxy groups -OCH3 is 2. The van der Waals surface area contributed by atoms with Gasteiger partial charge in [-0.3, -0.25) is 4.79 Å². The highest BCUT2D eigenvalue weighted by atomic mass is 19.4. The molecule has 0 aromatic heterocycles. The van der Waals surface area contributed by atoms with Crippen molar-refractivity contribution < 1.29 is 41.8 Å². The van der Waals surface area contributed by atoms with Crippen LogP contribution in [0.5, 0.6) is 11.5 Å². The van der Waals surface area contributed by atoms with Crippen LogP contribution in [0.4, 0.5) is 18.9 Å². The Morgan fingerprint density at radius 3 is 2.15 bits per heavy atom. The van der Waals surface area contributed by atoms with Gasteiger partial charge in [-0.2, -0.15) is 13.2 Å². The molecule has 0 aliphatic rings. The van der Waals surface area contributed by atoms with Gasteiger partial charge < -0.3 is 19.5 Å². The fourth-order valence-corrected chi connectivity index (χ4v) is 2.97. The van der Waals surface area contributed by atoms with E-state index in [-0.39, 0.29) is 33.9 Å². The molecule has 10 heteroatoms. The number of hydrogen-bond donors (Lipinski definition) is 1. The number of benzene rings is 3. The summed E-state index contributed by atoms with van der Waals surface area (Å²) in [5.41, 5.74) is -1.11. The molecule has 34 heavy (non-hydrogen) atoms. The van der Waals surface area contributed by atoms with Crippen molar-refractivity contribution in [3.8, 4) is 11.5 Å². The predicted molar refractivity (Wildman–Crippen MR) is 115 cm³/mol. The Morgan fingerprint density at radius 2 is 1.47 bits per heavy atom. The van der Waals surface area contributed by atoms with Crippen molar-refractivity contribution >= 4 is 23.5 Å². The van der Waals surface area contributed by atoms with Gasteiger partial charge in [0.2, 0.25) is 0 Å². The van der Waals surface area contributed by atoms with Crippen LogP contribution in [0.2, 0.25) is 0 Å². The van der Waals surface area contributed by atoms with Crippen molar-refractivity contribution in [2.45, 2.75) is 6.18 Å². The average Bonchev–Trinajstić information content (AvgIpc) is 2.83. The number of hydrogen-bond acceptors (Lipinski definition) is 6. The first-order chi connectivity index (χ1) is 16.1. The standard InChI is InChI=1S/C24H18F3NO6/c1-32-22(30)17-11-10-16(13-18(17)23(31)33-2)34-20-9-4-3-8-19(20)28-21(29)14-6-5-7-15(12-14)24(25,26)27/h3-13H,1-2H3,(H,28,29). The van der Waals surface area contributed by atoms with Crippen LogP contribution in [0.25, 0.3) is 0 Å². The Labute approximate surface area is 192 Å². The number of anilines is 1. The van der Waals surface area contributed by atoms with Crippen LogP contribution in [0.15, 0.2) is 66.7 Å². The van der Waals surface area contributed by atoms with E-state index in [4.69, 9.17) is 9.47 Å². The smallest absolute Gasteiger partial charge is 0.416 e. The van der Waals surface area contributed by atoms with Gasteiger partial charge >= 0.3 is 18.1 Å². The Balaban J connectivity index is 1.89. The van der Waals surface area contributed by atoms with E-state index in [0.717, 1.165) is 32.4 Å². The summed E-state index contributed by atoms with van der Waals surface area (Å²) in [6.45, 7) is 0. The first-order valence-electron chi connectivity index (χ1n) is 9.70. The highest BCUT2D eigenvalue weighted by molar-refractivity contribution is 6.05. The zero-order valence-corrected chi connectivity index (χ0v) is 17.9. The molecule has 0 aliphatic carbocycles. The zero-order chi connectivity index (χ0) is 24.9. The van der Waals surface area contributed by atoms with E-state index in [0.29, 0.717) is 0 Å². The lowest BCUT2D eigenvalue weighted by Crippen LogP contribution is -2.14. The van der Waals surface area contributed by atoms with Crippen LogP contribution < -0.4 is 10.1 Å². The molecule has 0 radical (unpaired) electrons. The zero-order valence-electron chi connectivity index (χ0n) is 17.9. The van der Waals surface area contributed by atoms with Gasteiger partial charge in [-0.1, -0.05) is 18.2 Å². The van der Waals surface area contributed by atoms with E-state index in [2.05, 4.69) is 10.1 Å². The summed E-state index contributed by atoms with van der Waals surface area (Å²) in [5, 5.41) is 2.52. The van der Waals surface area contributed by atoms with Crippen molar-refractivity contribution in [2.24, 2.45) is 0 Å². The molecule has 1 amide bonds. The van der Waals surface area contributed by atoms with E-state index in [9.17, 15) is 27.6 Å². The lowest BCUT2D eigenvalue weighted by atomic mass is 10.1. The molecule has 0 unspecified atom stereocenters. The summed E-state index contributed by atoms with van der Waals surface area (Å²) < 4.78 is 54.0. The normalized spacial score (nSPS) is 10.9. The molecule has 3 aromatic rings. The van der Waals surface area contributed by atoms with Gasteiger partial charge in [-0.05, 0) is 48.5 Å². The summed E-state index contributed by atoms with van der Waals surface area (Å²) in [5.74, 6) is -2.05. The van der Waals surface area contributed by atoms with Crippen molar-refractivity contribution in [3.05, 3.63) is 89.0 Å². The minimum absolute atomic E-state index is 0.0344. The van der Waals surface area contributed by atoms with Crippen LogP contribution in [0, 0.1) is 0 Å². The topological polar surface area (TPSA) is 90.9 Å². The molecule has 7 nitrogen and oxygen atoms in total. The molecule has 0 bridgehead atoms. The number of nitrogens with one attached hydrogen (secondary N) is 1. The number of rotatable bonds is 6. The van der Waals surface area contributed by atoms with Gasteiger partial charge in [-0.25, -0.2) is 9.59 Å². The third-order valence-corrected chi connectivity index (χ3v) is 4.62. The summed E-state index contributed by atoms with van der Waals surface area (Å²) in [6, 6.07) is 14.2. The fraction of sp³-hybridized carbons (Fsp3) is 0.125. The molecule has 176 valence electrons. The second kappa shape index (κ2) is 10.1. The SMILES string of the molecule is COC(=O)c1ccc(Oc2ccccc2NC(=O)c2cccc(C(F)(F)F)c2)cc1C(=O)OC. The van der Waals surface area contributed by atoms with Crippen molar-refractivity contribution in [3.63, 3.8) is 0 Å². The van der Waals surface area contributed by atoms with E-state index in [1.54, 1.807) is 12.1 Å². The van der Waals surface area contributed by atoms with Gasteiger partial charge in [0.25, 0.3) is 5.91 Å². The number of carbonyl (C=O) groups is 3. The molecule has 0 spiro atoms. The van der Waals surface area contributed by atoms with E-state index in [1.165, 1.54) is 36.4 Å². The summed E-state index contributed by atoms with van der Waals surface area (Å²) in [7, 11) is 2.31. The highest BCUT2D eigenvalue weighted by Gasteiger charge is 2.31. The molecule has 1 N–H and O–H groups in total. The molecule has 0 saturated carbocycles. The fourth-order valence-electron chi connectivity index (χ4n) is 2.97. The molecule has 3 aromatic carbocycles. The van der Waals surface area contributed by atoms with Crippen LogP contribution in [-0.2, 0) is 15.7 Å². The second-order valence-corrected chi connectivity index (χ2v) is 6.82. The number of amides is 1. The quantitative estimate of drug-likeness (QED) is 0.487. The summed E-state index contributed by atoms with van der Waals surface area (Å²) in [6.07, 6.45) is -4.59. The van der Waals surface area contributed by atoms with Crippen LogP contribution in [0.3, 0.4) is 0 Å². The molecule has 0 heterocycles. The Bertz CT molecular complexity index is 1240. The maximum absolute atomic E-state index is 13.0.